The molecule has 0 atom stereocenters. The molecule has 0 saturated carbocycles. The zero-order valence-corrected chi connectivity index (χ0v) is 19.2. The highest BCUT2D eigenvalue weighted by atomic mass is 127. The van der Waals surface area contributed by atoms with E-state index in [1.54, 1.807) is 6.20 Å². The number of halogens is 1. The molecule has 0 aliphatic rings. The van der Waals surface area contributed by atoms with Gasteiger partial charge in [0.05, 0.1) is 33.0 Å². The Balaban J connectivity index is 0.00000676. The Hall–Kier alpha value is -1.13. The standard InChI is InChI=1S/C19H34N4O3.HI/c1-4-7-12-24-14-15-25-13-11-22-19(20-5-2)23-16-17-9-8-10-21-18(17)26-6-3;/h8-10H,4-7,11-16H2,1-3H3,(H2,20,22,23);1H. The first-order valence-electron chi connectivity index (χ1n) is 9.56. The fourth-order valence-corrected chi connectivity index (χ4v) is 2.13. The predicted octanol–water partition coefficient (Wildman–Crippen LogP) is 2.99. The van der Waals surface area contributed by atoms with Gasteiger partial charge in [-0.2, -0.15) is 0 Å². The molecule has 0 aromatic carbocycles. The monoisotopic (exact) mass is 494 g/mol. The van der Waals surface area contributed by atoms with Gasteiger partial charge in [-0.25, -0.2) is 9.98 Å². The lowest BCUT2D eigenvalue weighted by Crippen LogP contribution is -2.39. The first-order valence-corrected chi connectivity index (χ1v) is 9.56. The molecule has 7 nitrogen and oxygen atoms in total. The van der Waals surface area contributed by atoms with Crippen LogP contribution in [0.4, 0.5) is 0 Å². The summed E-state index contributed by atoms with van der Waals surface area (Å²) >= 11 is 0. The van der Waals surface area contributed by atoms with Crippen LogP contribution >= 0.6 is 24.0 Å². The van der Waals surface area contributed by atoms with Crippen molar-refractivity contribution in [3.05, 3.63) is 23.9 Å². The van der Waals surface area contributed by atoms with Crippen LogP contribution in [-0.2, 0) is 16.0 Å². The highest BCUT2D eigenvalue weighted by Gasteiger charge is 2.04. The van der Waals surface area contributed by atoms with Gasteiger partial charge in [-0.15, -0.1) is 24.0 Å². The third kappa shape index (κ3) is 12.8. The molecule has 0 radical (unpaired) electrons. The third-order valence-electron chi connectivity index (χ3n) is 3.44. The van der Waals surface area contributed by atoms with Crippen LogP contribution in [0.2, 0.25) is 0 Å². The minimum absolute atomic E-state index is 0. The minimum atomic E-state index is 0. The van der Waals surface area contributed by atoms with E-state index in [9.17, 15) is 0 Å². The zero-order valence-electron chi connectivity index (χ0n) is 16.8. The fraction of sp³-hybridized carbons (Fsp3) is 0.684. The molecule has 8 heteroatoms. The second kappa shape index (κ2) is 18.2. The largest absolute Gasteiger partial charge is 0.478 e. The molecule has 1 aromatic rings. The Labute approximate surface area is 180 Å². The van der Waals surface area contributed by atoms with Crippen molar-refractivity contribution in [2.24, 2.45) is 4.99 Å². The zero-order chi connectivity index (χ0) is 18.9. The molecule has 0 aliphatic heterocycles. The van der Waals surface area contributed by atoms with Crippen molar-refractivity contribution in [2.45, 2.75) is 40.2 Å². The average Bonchev–Trinajstić information content (AvgIpc) is 2.66. The number of hydrogen-bond donors (Lipinski definition) is 2. The van der Waals surface area contributed by atoms with E-state index < -0.39 is 0 Å². The lowest BCUT2D eigenvalue weighted by atomic mass is 10.3. The van der Waals surface area contributed by atoms with Gasteiger partial charge in [0.1, 0.15) is 0 Å². The van der Waals surface area contributed by atoms with E-state index in [0.29, 0.717) is 45.4 Å². The maximum atomic E-state index is 5.56. The van der Waals surface area contributed by atoms with Crippen molar-refractivity contribution in [1.29, 1.82) is 0 Å². The highest BCUT2D eigenvalue weighted by Crippen LogP contribution is 2.15. The lowest BCUT2D eigenvalue weighted by Gasteiger charge is -2.12. The van der Waals surface area contributed by atoms with Crippen molar-refractivity contribution in [1.82, 2.24) is 15.6 Å². The van der Waals surface area contributed by atoms with Gasteiger partial charge in [0.2, 0.25) is 5.88 Å². The number of rotatable bonds is 14. The number of guanidine groups is 1. The molecule has 0 spiro atoms. The van der Waals surface area contributed by atoms with Crippen LogP contribution in [0.3, 0.4) is 0 Å². The van der Waals surface area contributed by atoms with Gasteiger partial charge in [-0.3, -0.25) is 0 Å². The summed E-state index contributed by atoms with van der Waals surface area (Å²) in [6, 6.07) is 3.87. The van der Waals surface area contributed by atoms with Crippen molar-refractivity contribution in [3.63, 3.8) is 0 Å². The molecule has 156 valence electrons. The Kier molecular flexibility index (Phi) is 17.5. The molecule has 2 N–H and O–H groups in total. The summed E-state index contributed by atoms with van der Waals surface area (Å²) in [7, 11) is 0. The van der Waals surface area contributed by atoms with E-state index in [1.807, 2.05) is 26.0 Å². The van der Waals surface area contributed by atoms with Gasteiger partial charge in [0, 0.05) is 31.5 Å². The molecule has 27 heavy (non-hydrogen) atoms. The van der Waals surface area contributed by atoms with Crippen molar-refractivity contribution >= 4 is 29.9 Å². The molecule has 1 heterocycles. The maximum absolute atomic E-state index is 5.56. The summed E-state index contributed by atoms with van der Waals surface area (Å²) in [4.78, 5) is 8.84. The van der Waals surface area contributed by atoms with Crippen LogP contribution in [0.1, 0.15) is 39.2 Å². The van der Waals surface area contributed by atoms with Crippen LogP contribution in [0, 0.1) is 0 Å². The first-order chi connectivity index (χ1) is 12.8. The topological polar surface area (TPSA) is 77.0 Å². The molecular formula is C19H35IN4O3. The van der Waals surface area contributed by atoms with E-state index in [1.165, 1.54) is 0 Å². The summed E-state index contributed by atoms with van der Waals surface area (Å²) in [5, 5.41) is 6.49. The number of nitrogens with zero attached hydrogens (tertiary/aromatic N) is 2. The normalized spacial score (nSPS) is 11.0. The van der Waals surface area contributed by atoms with Crippen LogP contribution in [-0.4, -0.2) is 57.1 Å². The summed E-state index contributed by atoms with van der Waals surface area (Å²) in [5.74, 6) is 1.39. The summed E-state index contributed by atoms with van der Waals surface area (Å²) < 4.78 is 16.6. The summed E-state index contributed by atoms with van der Waals surface area (Å²) in [5.41, 5.74) is 0.965. The molecular weight excluding hydrogens is 459 g/mol. The smallest absolute Gasteiger partial charge is 0.218 e. The summed E-state index contributed by atoms with van der Waals surface area (Å²) in [6.45, 7) is 11.4. The van der Waals surface area contributed by atoms with Gasteiger partial charge < -0.3 is 24.8 Å². The number of ether oxygens (including phenoxy) is 3. The molecule has 0 aliphatic carbocycles. The van der Waals surface area contributed by atoms with Crippen molar-refractivity contribution < 1.29 is 14.2 Å². The number of nitrogens with one attached hydrogen (secondary N) is 2. The van der Waals surface area contributed by atoms with Crippen LogP contribution in [0.15, 0.2) is 23.3 Å². The van der Waals surface area contributed by atoms with E-state index in [2.05, 4.69) is 27.5 Å². The minimum Gasteiger partial charge on any atom is -0.478 e. The molecule has 1 rings (SSSR count). The second-order valence-corrected chi connectivity index (χ2v) is 5.60. The van der Waals surface area contributed by atoms with E-state index >= 15 is 0 Å². The number of unbranched alkanes of at least 4 members (excludes halogenated alkanes) is 1. The number of aromatic nitrogens is 1. The van der Waals surface area contributed by atoms with E-state index in [0.717, 1.165) is 37.5 Å². The van der Waals surface area contributed by atoms with Gasteiger partial charge in [-0.05, 0) is 26.3 Å². The van der Waals surface area contributed by atoms with Gasteiger partial charge in [0.25, 0.3) is 0 Å². The van der Waals surface area contributed by atoms with Gasteiger partial charge in [0.15, 0.2) is 5.96 Å². The predicted molar refractivity (Wildman–Crippen MR) is 120 cm³/mol. The van der Waals surface area contributed by atoms with Gasteiger partial charge >= 0.3 is 0 Å². The Morgan fingerprint density at radius 2 is 1.85 bits per heavy atom. The second-order valence-electron chi connectivity index (χ2n) is 5.60. The SMILES string of the molecule is CCCCOCCOCCNC(=NCc1cccnc1OCC)NCC.I. The molecule has 0 saturated heterocycles. The fourth-order valence-electron chi connectivity index (χ4n) is 2.13. The highest BCUT2D eigenvalue weighted by molar-refractivity contribution is 14.0. The first kappa shape index (κ1) is 25.9. The molecule has 0 unspecified atom stereocenters. The number of aliphatic imine (C=N–C) groups is 1. The molecule has 1 aromatic heterocycles. The lowest BCUT2D eigenvalue weighted by molar-refractivity contribution is 0.0487. The van der Waals surface area contributed by atoms with Crippen molar-refractivity contribution in [3.8, 4) is 5.88 Å². The number of hydrogen-bond acceptors (Lipinski definition) is 5. The summed E-state index contributed by atoms with van der Waals surface area (Å²) in [6.07, 6.45) is 3.99. The average molecular weight is 494 g/mol. The quantitative estimate of drug-likeness (QED) is 0.179. The molecule has 0 bridgehead atoms. The maximum Gasteiger partial charge on any atom is 0.218 e. The Morgan fingerprint density at radius 1 is 1.07 bits per heavy atom. The number of pyridine rings is 1. The Morgan fingerprint density at radius 3 is 2.56 bits per heavy atom. The Bertz CT molecular complexity index is 504. The van der Waals surface area contributed by atoms with E-state index in [-0.39, 0.29) is 24.0 Å². The van der Waals surface area contributed by atoms with Crippen LogP contribution in [0.5, 0.6) is 5.88 Å². The van der Waals surface area contributed by atoms with Crippen LogP contribution in [0.25, 0.3) is 0 Å². The third-order valence-corrected chi connectivity index (χ3v) is 3.44. The van der Waals surface area contributed by atoms with Crippen molar-refractivity contribution in [2.75, 3.05) is 46.1 Å². The van der Waals surface area contributed by atoms with Crippen LogP contribution < -0.4 is 15.4 Å². The molecule has 0 amide bonds. The van der Waals surface area contributed by atoms with E-state index in [4.69, 9.17) is 14.2 Å². The van der Waals surface area contributed by atoms with Gasteiger partial charge in [-0.1, -0.05) is 19.4 Å². The molecule has 0 fully saturated rings.